The van der Waals surface area contributed by atoms with Crippen LogP contribution in [0, 0.1) is 27.7 Å². The van der Waals surface area contributed by atoms with Gasteiger partial charge in [0.05, 0.1) is 0 Å². The van der Waals surface area contributed by atoms with Crippen LogP contribution in [0.3, 0.4) is 0 Å². The first kappa shape index (κ1) is 23.6. The van der Waals surface area contributed by atoms with E-state index in [0.29, 0.717) is 0 Å². The standard InChI is InChI=1S/2C11H11.C7H7Si.Zr/c2*1-8-6-10-5-3-4-9(2)11(10)7-8;8-6-7-4-2-1-3-5-7;/h2*3-7H,1-2H3;1-5H,6H2;/q2*-1;;+2. The molecule has 0 bridgehead atoms. The summed E-state index contributed by atoms with van der Waals surface area (Å²) in [6, 6.07) is 33.7. The van der Waals surface area contributed by atoms with Gasteiger partial charge in [-0.1, -0.05) is 37.1 Å². The molecule has 0 aromatic heterocycles. The zero-order valence-electron chi connectivity index (χ0n) is 18.9. The number of fused-ring (bicyclic) bond motifs is 2. The molecule has 0 saturated heterocycles. The first-order valence-corrected chi connectivity index (χ1v) is 15.6. The summed E-state index contributed by atoms with van der Waals surface area (Å²) in [5.41, 5.74) is 6.93. The number of benzene rings is 3. The zero-order chi connectivity index (χ0) is 22.2. The second-order valence-corrected chi connectivity index (χ2v) is 11.4. The quantitative estimate of drug-likeness (QED) is 0.173. The Morgan fingerprint density at radius 3 is 1.55 bits per heavy atom. The first-order valence-electron chi connectivity index (χ1n) is 10.7. The number of rotatable bonds is 2. The van der Waals surface area contributed by atoms with E-state index in [1.165, 1.54) is 55.4 Å². The molecule has 0 fully saturated rings. The Morgan fingerprint density at radius 2 is 1.13 bits per heavy atom. The van der Waals surface area contributed by atoms with E-state index >= 15 is 0 Å². The molecule has 0 N–H and O–H groups in total. The van der Waals surface area contributed by atoms with Crippen molar-refractivity contribution in [3.8, 4) is 0 Å². The van der Waals surface area contributed by atoms with E-state index in [-0.39, 0.29) is 0 Å². The molecule has 0 saturated carbocycles. The third-order valence-electron chi connectivity index (χ3n) is 5.36. The minimum absolute atomic E-state index is 1.13. The molecule has 5 aromatic rings. The third-order valence-corrected chi connectivity index (χ3v) is 7.25. The zero-order valence-corrected chi connectivity index (χ0v) is 22.3. The van der Waals surface area contributed by atoms with Crippen LogP contribution < -0.4 is 0 Å². The van der Waals surface area contributed by atoms with Gasteiger partial charge < -0.3 is 0 Å². The van der Waals surface area contributed by atoms with Crippen molar-refractivity contribution in [2.45, 2.75) is 33.7 Å². The molecule has 0 spiro atoms. The van der Waals surface area contributed by atoms with Gasteiger partial charge in [-0.25, -0.2) is 0 Å². The van der Waals surface area contributed by atoms with Crippen molar-refractivity contribution in [1.82, 2.24) is 0 Å². The van der Waals surface area contributed by atoms with Gasteiger partial charge in [0.2, 0.25) is 0 Å². The molecular weight excluding hydrogens is 468 g/mol. The van der Waals surface area contributed by atoms with Gasteiger partial charge in [0, 0.05) is 0 Å². The van der Waals surface area contributed by atoms with Gasteiger partial charge in [-0.3, -0.25) is 0 Å². The van der Waals surface area contributed by atoms with Gasteiger partial charge in [0.15, 0.2) is 0 Å². The number of hydrogen-bond donors (Lipinski definition) is 0. The molecule has 0 amide bonds. The fourth-order valence-corrected chi connectivity index (χ4v) is 5.72. The summed E-state index contributed by atoms with van der Waals surface area (Å²) in [7, 11) is 0. The van der Waals surface area contributed by atoms with Crippen LogP contribution in [0.25, 0.3) is 21.5 Å². The molecule has 31 heavy (non-hydrogen) atoms. The number of hydrogen-bond acceptors (Lipinski definition) is 0. The predicted octanol–water partition coefficient (Wildman–Crippen LogP) is 7.70. The molecule has 5 rings (SSSR count). The summed E-state index contributed by atoms with van der Waals surface area (Å²) >= 11 is 1.66. The molecule has 0 atom stereocenters. The Balaban J connectivity index is 0.000000133. The van der Waals surface area contributed by atoms with Crippen LogP contribution in [0.4, 0.5) is 0 Å². The molecule has 1 radical (unpaired) electrons. The summed E-state index contributed by atoms with van der Waals surface area (Å²) in [5, 5.41) is 5.51. The fourth-order valence-electron chi connectivity index (χ4n) is 3.78. The average Bonchev–Trinajstić information content (AvgIpc) is 3.33. The maximum absolute atomic E-state index is 2.24. The van der Waals surface area contributed by atoms with Crippen LogP contribution in [-0.2, 0) is 29.4 Å². The van der Waals surface area contributed by atoms with Crippen LogP contribution in [0.1, 0.15) is 27.8 Å². The molecule has 0 unspecified atom stereocenters. The minimum atomic E-state index is 1.13. The summed E-state index contributed by atoms with van der Waals surface area (Å²) in [6.45, 7) is 8.59. The Hall–Kier alpha value is -2.02. The van der Waals surface area contributed by atoms with Crippen LogP contribution >= 0.6 is 0 Å². The van der Waals surface area contributed by atoms with Crippen molar-refractivity contribution in [2.24, 2.45) is 0 Å². The van der Waals surface area contributed by atoms with Crippen molar-refractivity contribution in [2.75, 3.05) is 0 Å². The van der Waals surface area contributed by atoms with E-state index in [9.17, 15) is 0 Å². The summed E-state index contributed by atoms with van der Waals surface area (Å²) < 4.78 is 0. The van der Waals surface area contributed by atoms with Crippen LogP contribution in [0.15, 0.2) is 91.0 Å². The molecule has 5 aromatic carbocycles. The Morgan fingerprint density at radius 1 is 0.645 bits per heavy atom. The molecule has 2 heteroatoms. The molecular formula is C29H29SiZr. The fraction of sp³-hybridized carbons (Fsp3) is 0.172. The second kappa shape index (κ2) is 11.6. The van der Waals surface area contributed by atoms with Crippen molar-refractivity contribution in [1.29, 1.82) is 0 Å². The molecule has 0 aliphatic carbocycles. The molecule has 153 valence electrons. The molecule has 0 aliphatic rings. The second-order valence-electron chi connectivity index (χ2n) is 8.06. The van der Waals surface area contributed by atoms with E-state index in [0.717, 1.165) is 6.16 Å². The Labute approximate surface area is 202 Å². The van der Waals surface area contributed by atoms with Crippen molar-refractivity contribution in [3.63, 3.8) is 0 Å². The maximum atomic E-state index is 2.24. The van der Waals surface area contributed by atoms with Gasteiger partial charge in [-0.15, -0.1) is 69.1 Å². The van der Waals surface area contributed by atoms with Gasteiger partial charge >= 0.3 is 71.4 Å². The van der Waals surface area contributed by atoms with Gasteiger partial charge in [-0.05, 0) is 13.8 Å². The number of aryl methyl sites for hydroxylation is 4. The van der Waals surface area contributed by atoms with E-state index < -0.39 is 0 Å². The first-order chi connectivity index (χ1) is 15.0. The summed E-state index contributed by atoms with van der Waals surface area (Å²) in [5.74, 6) is 0. The molecule has 0 aliphatic heterocycles. The summed E-state index contributed by atoms with van der Waals surface area (Å²) in [6.07, 6.45) is 1.13. The van der Waals surface area contributed by atoms with Crippen molar-refractivity contribution < 1.29 is 23.3 Å². The van der Waals surface area contributed by atoms with Gasteiger partial charge in [0.1, 0.15) is 0 Å². The SMILES string of the molecule is Cc1cc2c(C)cccc2[cH-]1.Cc1cc2c(C)cccc2[cH-]1.[Zr+2]=[Si]Cc1ccccc1. The summed E-state index contributed by atoms with van der Waals surface area (Å²) in [4.78, 5) is 0. The van der Waals surface area contributed by atoms with Crippen LogP contribution in [0.5, 0.6) is 0 Å². The molecule has 0 nitrogen and oxygen atoms in total. The van der Waals surface area contributed by atoms with E-state index in [4.69, 9.17) is 0 Å². The predicted molar refractivity (Wildman–Crippen MR) is 134 cm³/mol. The van der Waals surface area contributed by atoms with E-state index in [1.54, 1.807) is 23.3 Å². The topological polar surface area (TPSA) is 0 Å². The average molecular weight is 497 g/mol. The van der Waals surface area contributed by atoms with Crippen molar-refractivity contribution in [3.05, 3.63) is 119 Å². The van der Waals surface area contributed by atoms with Gasteiger partial charge in [0.25, 0.3) is 0 Å². The third kappa shape index (κ3) is 6.73. The molecule has 0 heterocycles. The Kier molecular flexibility index (Phi) is 8.81. The van der Waals surface area contributed by atoms with Crippen LogP contribution in [0.2, 0.25) is 0 Å². The normalized spacial score (nSPS) is 10.3. The Bertz CT molecular complexity index is 1180. The van der Waals surface area contributed by atoms with Gasteiger partial charge in [-0.2, -0.15) is 12.1 Å². The van der Waals surface area contributed by atoms with E-state index in [1.807, 2.05) is 0 Å². The van der Waals surface area contributed by atoms with Crippen molar-refractivity contribution >= 4 is 27.7 Å². The monoisotopic (exact) mass is 495 g/mol. The van der Waals surface area contributed by atoms with E-state index in [2.05, 4.69) is 119 Å². The van der Waals surface area contributed by atoms with Crippen LogP contribution in [-0.4, -0.2) is 6.16 Å².